The number of carbonyl (C=O) groups excluding carboxylic acids is 2. The van der Waals surface area contributed by atoms with Gasteiger partial charge in [-0.1, -0.05) is 0 Å². The van der Waals surface area contributed by atoms with Gasteiger partial charge in [0.2, 0.25) is 5.95 Å². The number of likely N-dealkylation sites (tertiary alicyclic amines) is 1. The quantitative estimate of drug-likeness (QED) is 0.439. The normalized spacial score (nSPS) is 14.5. The van der Waals surface area contributed by atoms with Crippen molar-refractivity contribution in [1.29, 1.82) is 0 Å². The van der Waals surface area contributed by atoms with Crippen LogP contribution in [0.2, 0.25) is 0 Å². The standard InChI is InChI=1S/C23H20FN7O2S/c1-13(15-7-16(24)10-26-9-15)27-23-29-18-4-6-34-20(18)19(30-23)22(33)31-11-17(12-31)28-21(32)14-3-2-5-25-8-14/h2-10,13,17H,11-12H2,1H3,(H,28,32)(H,27,29,30)/t13-/m0/s1. The number of nitrogens with one attached hydrogen (secondary N) is 2. The van der Waals surface area contributed by atoms with E-state index >= 15 is 0 Å². The molecule has 0 spiro atoms. The van der Waals surface area contributed by atoms with E-state index in [0.29, 0.717) is 40.1 Å². The molecule has 9 nitrogen and oxygen atoms in total. The summed E-state index contributed by atoms with van der Waals surface area (Å²) < 4.78 is 14.2. The van der Waals surface area contributed by atoms with E-state index in [9.17, 15) is 14.0 Å². The van der Waals surface area contributed by atoms with Crippen molar-refractivity contribution in [3.8, 4) is 0 Å². The minimum absolute atomic E-state index is 0.143. The molecular formula is C23H20FN7O2S. The Kier molecular flexibility index (Phi) is 5.84. The van der Waals surface area contributed by atoms with Crippen LogP contribution < -0.4 is 10.6 Å². The predicted octanol–water partition coefficient (Wildman–Crippen LogP) is 3.05. The van der Waals surface area contributed by atoms with Crippen LogP contribution in [0.25, 0.3) is 10.2 Å². The maximum Gasteiger partial charge on any atom is 0.274 e. The number of aromatic nitrogens is 4. The van der Waals surface area contributed by atoms with Crippen molar-refractivity contribution in [3.63, 3.8) is 0 Å². The monoisotopic (exact) mass is 477 g/mol. The molecule has 0 saturated carbocycles. The molecule has 1 aliphatic rings. The number of halogens is 1. The Hall–Kier alpha value is -3.99. The molecule has 0 radical (unpaired) electrons. The van der Waals surface area contributed by atoms with Gasteiger partial charge >= 0.3 is 0 Å². The largest absolute Gasteiger partial charge is 0.348 e. The molecule has 2 amide bonds. The van der Waals surface area contributed by atoms with Gasteiger partial charge in [0, 0.05) is 31.7 Å². The van der Waals surface area contributed by atoms with Crippen LogP contribution in [0.15, 0.2) is 54.4 Å². The van der Waals surface area contributed by atoms with Crippen LogP contribution in [-0.2, 0) is 0 Å². The van der Waals surface area contributed by atoms with E-state index in [-0.39, 0.29) is 29.8 Å². The number of fused-ring (bicyclic) bond motifs is 1. The van der Waals surface area contributed by atoms with Gasteiger partial charge < -0.3 is 15.5 Å². The molecule has 11 heteroatoms. The SMILES string of the molecule is C[C@H](Nc1nc(C(=O)N2CC(NC(=O)c3cccnc3)C2)c2sccc2n1)c1cncc(F)c1. The fraction of sp³-hybridized carbons (Fsp3) is 0.217. The lowest BCUT2D eigenvalue weighted by atomic mass is 10.1. The van der Waals surface area contributed by atoms with E-state index in [2.05, 4.69) is 30.6 Å². The number of amides is 2. The molecule has 5 heterocycles. The average molecular weight is 478 g/mol. The molecule has 1 saturated heterocycles. The Morgan fingerprint density at radius 3 is 2.79 bits per heavy atom. The fourth-order valence-corrected chi connectivity index (χ4v) is 4.48. The molecule has 1 atom stereocenters. The lowest BCUT2D eigenvalue weighted by Crippen LogP contribution is -2.61. The van der Waals surface area contributed by atoms with Crippen LogP contribution in [0.4, 0.5) is 10.3 Å². The summed E-state index contributed by atoms with van der Waals surface area (Å²) in [6, 6.07) is 6.14. The van der Waals surface area contributed by atoms with E-state index < -0.39 is 5.82 Å². The van der Waals surface area contributed by atoms with Crippen LogP contribution in [0, 0.1) is 5.82 Å². The van der Waals surface area contributed by atoms with Crippen molar-refractivity contribution in [2.75, 3.05) is 18.4 Å². The van der Waals surface area contributed by atoms with Gasteiger partial charge in [-0.05, 0) is 42.1 Å². The molecule has 4 aromatic heterocycles. The average Bonchev–Trinajstić information content (AvgIpc) is 3.29. The first kappa shape index (κ1) is 21.8. The fourth-order valence-electron chi connectivity index (χ4n) is 3.67. The lowest BCUT2D eigenvalue weighted by Gasteiger charge is -2.39. The van der Waals surface area contributed by atoms with Crippen LogP contribution in [0.5, 0.6) is 0 Å². The number of rotatable bonds is 6. The van der Waals surface area contributed by atoms with E-state index in [1.165, 1.54) is 23.6 Å². The molecule has 1 fully saturated rings. The van der Waals surface area contributed by atoms with Crippen molar-refractivity contribution < 1.29 is 14.0 Å². The zero-order chi connectivity index (χ0) is 23.7. The molecule has 0 aliphatic carbocycles. The van der Waals surface area contributed by atoms with Gasteiger partial charge in [-0.25, -0.2) is 14.4 Å². The summed E-state index contributed by atoms with van der Waals surface area (Å²) in [7, 11) is 0. The highest BCUT2D eigenvalue weighted by Crippen LogP contribution is 2.27. The Bertz CT molecular complexity index is 1360. The molecule has 4 aromatic rings. The number of anilines is 1. The molecule has 5 rings (SSSR count). The summed E-state index contributed by atoms with van der Waals surface area (Å²) in [4.78, 5) is 44.0. The van der Waals surface area contributed by atoms with Crippen molar-refractivity contribution in [2.45, 2.75) is 19.0 Å². The van der Waals surface area contributed by atoms with Crippen LogP contribution >= 0.6 is 11.3 Å². The zero-order valence-electron chi connectivity index (χ0n) is 18.1. The second-order valence-corrected chi connectivity index (χ2v) is 8.87. The number of hydrogen-bond acceptors (Lipinski definition) is 8. The number of nitrogens with zero attached hydrogens (tertiary/aromatic N) is 5. The molecule has 172 valence electrons. The molecule has 0 bridgehead atoms. The first-order valence-electron chi connectivity index (χ1n) is 10.6. The number of hydrogen-bond donors (Lipinski definition) is 2. The first-order chi connectivity index (χ1) is 16.5. The number of thiophene rings is 1. The van der Waals surface area contributed by atoms with E-state index in [1.807, 2.05) is 18.4 Å². The van der Waals surface area contributed by atoms with Gasteiger partial charge in [0.05, 0.1) is 34.1 Å². The second-order valence-electron chi connectivity index (χ2n) is 7.96. The van der Waals surface area contributed by atoms with Crippen LogP contribution in [0.3, 0.4) is 0 Å². The lowest BCUT2D eigenvalue weighted by molar-refractivity contribution is 0.0539. The van der Waals surface area contributed by atoms with Gasteiger partial charge in [-0.2, -0.15) is 0 Å². The van der Waals surface area contributed by atoms with Crippen molar-refractivity contribution in [2.24, 2.45) is 0 Å². The van der Waals surface area contributed by atoms with Gasteiger partial charge in [0.25, 0.3) is 11.8 Å². The minimum atomic E-state index is -0.431. The highest BCUT2D eigenvalue weighted by molar-refractivity contribution is 7.17. The third-order valence-corrected chi connectivity index (χ3v) is 6.42. The van der Waals surface area contributed by atoms with Gasteiger partial charge in [0.15, 0.2) is 5.69 Å². The summed E-state index contributed by atoms with van der Waals surface area (Å²) >= 11 is 1.39. The number of carbonyl (C=O) groups is 2. The van der Waals surface area contributed by atoms with Gasteiger partial charge in [0.1, 0.15) is 5.82 Å². The van der Waals surface area contributed by atoms with Crippen LogP contribution in [-0.4, -0.2) is 55.8 Å². The zero-order valence-corrected chi connectivity index (χ0v) is 18.9. The first-order valence-corrected chi connectivity index (χ1v) is 11.5. The Morgan fingerprint density at radius 1 is 1.18 bits per heavy atom. The predicted molar refractivity (Wildman–Crippen MR) is 125 cm³/mol. The Labute approximate surface area is 198 Å². The van der Waals surface area contributed by atoms with Crippen molar-refractivity contribution in [1.82, 2.24) is 30.2 Å². The van der Waals surface area contributed by atoms with E-state index in [1.54, 1.807) is 29.4 Å². The smallest absolute Gasteiger partial charge is 0.274 e. The highest BCUT2D eigenvalue weighted by Gasteiger charge is 2.34. The van der Waals surface area contributed by atoms with Gasteiger partial charge in [-0.3, -0.25) is 19.6 Å². The van der Waals surface area contributed by atoms with Gasteiger partial charge in [-0.15, -0.1) is 11.3 Å². The van der Waals surface area contributed by atoms with Crippen molar-refractivity contribution >= 4 is 39.3 Å². The maximum atomic E-state index is 13.5. The molecule has 2 N–H and O–H groups in total. The number of pyridine rings is 2. The minimum Gasteiger partial charge on any atom is -0.348 e. The summed E-state index contributed by atoms with van der Waals surface area (Å²) in [5.41, 5.74) is 2.06. The summed E-state index contributed by atoms with van der Waals surface area (Å²) in [6.45, 7) is 2.61. The van der Waals surface area contributed by atoms with Crippen LogP contribution in [0.1, 0.15) is 39.4 Å². The molecular weight excluding hydrogens is 457 g/mol. The third-order valence-electron chi connectivity index (χ3n) is 5.51. The second kappa shape index (κ2) is 9.10. The Morgan fingerprint density at radius 2 is 2.03 bits per heavy atom. The van der Waals surface area contributed by atoms with E-state index in [0.717, 1.165) is 6.20 Å². The third kappa shape index (κ3) is 4.42. The molecule has 0 aromatic carbocycles. The summed E-state index contributed by atoms with van der Waals surface area (Å²) in [6.07, 6.45) is 5.81. The molecule has 34 heavy (non-hydrogen) atoms. The summed E-state index contributed by atoms with van der Waals surface area (Å²) in [5.74, 6) is -0.614. The van der Waals surface area contributed by atoms with Crippen molar-refractivity contribution in [3.05, 3.63) is 77.1 Å². The van der Waals surface area contributed by atoms with E-state index in [4.69, 9.17) is 0 Å². The Balaban J connectivity index is 1.29. The maximum absolute atomic E-state index is 13.5. The molecule has 1 aliphatic heterocycles. The highest BCUT2D eigenvalue weighted by atomic mass is 32.1. The topological polar surface area (TPSA) is 113 Å². The summed E-state index contributed by atoms with van der Waals surface area (Å²) in [5, 5.41) is 7.90. The molecule has 0 unspecified atom stereocenters.